The number of thioether (sulfide) groups is 1. The van der Waals surface area contributed by atoms with Crippen LogP contribution in [0.3, 0.4) is 0 Å². The van der Waals surface area contributed by atoms with Gasteiger partial charge in [0.1, 0.15) is 10.1 Å². The van der Waals surface area contributed by atoms with Crippen molar-refractivity contribution < 1.29 is 23.5 Å². The topological polar surface area (TPSA) is 79.0 Å². The fraction of sp³-hybridized carbons (Fsp3) is 0.182. The molecule has 1 N–H and O–H groups in total. The van der Waals surface area contributed by atoms with Gasteiger partial charge in [-0.1, -0.05) is 121 Å². The molecule has 2 amide bonds. The lowest BCUT2D eigenvalue weighted by molar-refractivity contribution is -0.115. The molecule has 2 fully saturated rings. The molecule has 2 saturated heterocycles. The lowest BCUT2D eigenvalue weighted by Crippen LogP contribution is -2.42. The number of nitrogens with zero attached hydrogens (tertiary/aromatic N) is 2. The van der Waals surface area contributed by atoms with Crippen LogP contribution in [0.15, 0.2) is 132 Å². The predicted molar refractivity (Wildman–Crippen MR) is 215 cm³/mol. The first-order valence-corrected chi connectivity index (χ1v) is 18.9. The van der Waals surface area contributed by atoms with Gasteiger partial charge in [-0.25, -0.2) is 4.39 Å². The van der Waals surface area contributed by atoms with Crippen molar-refractivity contribution in [2.45, 2.75) is 31.7 Å². The van der Waals surface area contributed by atoms with Gasteiger partial charge in [-0.05, 0) is 77.7 Å². The Morgan fingerprint density at radius 1 is 0.907 bits per heavy atom. The van der Waals surface area contributed by atoms with Crippen LogP contribution in [0.1, 0.15) is 49.4 Å². The van der Waals surface area contributed by atoms with Crippen LogP contribution in [0.5, 0.6) is 0 Å². The number of halogens is 1. The monoisotopic (exact) mass is 755 g/mol. The van der Waals surface area contributed by atoms with E-state index in [1.807, 2.05) is 72.6 Å². The van der Waals surface area contributed by atoms with Gasteiger partial charge in [0.05, 0.1) is 23.2 Å². The molecule has 272 valence electrons. The number of hydrogen-bond donors (Lipinski definition) is 1. The summed E-state index contributed by atoms with van der Waals surface area (Å²) >= 11 is 6.36. The fourth-order valence-corrected chi connectivity index (χ4v) is 8.02. The third-order valence-corrected chi connectivity index (χ3v) is 10.8. The summed E-state index contributed by atoms with van der Waals surface area (Å²) in [6, 6.07) is 38.4. The summed E-state index contributed by atoms with van der Waals surface area (Å²) < 4.78 is 20.7. The molecule has 5 aromatic rings. The van der Waals surface area contributed by atoms with Crippen molar-refractivity contribution in [1.82, 2.24) is 15.1 Å². The molecule has 0 bridgehead atoms. The number of hydrogen-bond acceptors (Lipinski definition) is 7. The maximum absolute atomic E-state index is 14.5. The highest BCUT2D eigenvalue weighted by Gasteiger charge is 2.38. The van der Waals surface area contributed by atoms with Gasteiger partial charge < -0.3 is 19.9 Å². The molecule has 0 aromatic heterocycles. The molecule has 54 heavy (non-hydrogen) atoms. The average Bonchev–Trinajstić information content (AvgIpc) is 3.74. The Morgan fingerprint density at radius 2 is 1.59 bits per heavy atom. The van der Waals surface area contributed by atoms with Gasteiger partial charge in [0.25, 0.3) is 11.8 Å². The maximum atomic E-state index is 14.5. The zero-order valence-corrected chi connectivity index (χ0v) is 31.2. The van der Waals surface area contributed by atoms with Gasteiger partial charge >= 0.3 is 0 Å². The molecule has 2 aliphatic rings. The van der Waals surface area contributed by atoms with Crippen molar-refractivity contribution in [2.75, 3.05) is 20.1 Å². The third kappa shape index (κ3) is 8.75. The molecular weight excluding hydrogens is 718 g/mol. The zero-order chi connectivity index (χ0) is 37.6. The van der Waals surface area contributed by atoms with Crippen molar-refractivity contribution in [1.29, 1.82) is 0 Å². The third-order valence-electron chi connectivity index (χ3n) is 9.62. The van der Waals surface area contributed by atoms with Crippen LogP contribution in [0.2, 0.25) is 0 Å². The van der Waals surface area contributed by atoms with E-state index in [1.165, 1.54) is 36.0 Å². The molecule has 5 aromatic carbocycles. The molecule has 7 rings (SSSR count). The van der Waals surface area contributed by atoms with Gasteiger partial charge in [0.15, 0.2) is 5.78 Å². The molecule has 0 radical (unpaired) electrons. The molecule has 0 spiro atoms. The van der Waals surface area contributed by atoms with Gasteiger partial charge in [-0.15, -0.1) is 0 Å². The summed E-state index contributed by atoms with van der Waals surface area (Å²) in [6.45, 7) is 1.95. The molecule has 0 saturated carbocycles. The van der Waals surface area contributed by atoms with E-state index >= 15 is 0 Å². The highest BCUT2D eigenvalue weighted by atomic mass is 32.2. The number of likely N-dealkylation sites (tertiary alicyclic amines) is 1. The molecule has 10 heteroatoms. The smallest absolute Gasteiger partial charge is 0.263 e. The number of amides is 2. The SMILES string of the molecule is CN(Cc1ccc(/C=C2\SC(=S)NC2=O)cc1)C[C@H]1C[C@H](OCc2ccccc2-c2ccccc2)CN1C(=O)c1ccccc1C(=O)c1ccc(F)cc1. The summed E-state index contributed by atoms with van der Waals surface area (Å²) in [5.41, 5.74) is 6.13. The van der Waals surface area contributed by atoms with Crippen molar-refractivity contribution in [3.8, 4) is 11.1 Å². The minimum absolute atomic E-state index is 0.186. The van der Waals surface area contributed by atoms with Crippen molar-refractivity contribution in [2.24, 2.45) is 0 Å². The number of rotatable bonds is 12. The van der Waals surface area contributed by atoms with Gasteiger partial charge in [0, 0.05) is 36.8 Å². The number of ether oxygens (including phenoxy) is 1. The van der Waals surface area contributed by atoms with Crippen LogP contribution in [0, 0.1) is 5.82 Å². The molecule has 0 aliphatic carbocycles. The Balaban J connectivity index is 1.10. The summed E-state index contributed by atoms with van der Waals surface area (Å²) in [5, 5.41) is 2.64. The average molecular weight is 756 g/mol. The van der Waals surface area contributed by atoms with Gasteiger partial charge in [0.2, 0.25) is 0 Å². The Hall–Kier alpha value is -5.26. The van der Waals surface area contributed by atoms with E-state index < -0.39 is 5.82 Å². The number of nitrogens with one attached hydrogen (secondary N) is 1. The molecule has 2 atom stereocenters. The molecule has 0 unspecified atom stereocenters. The summed E-state index contributed by atoms with van der Waals surface area (Å²) in [5.74, 6) is -1.21. The Labute approximate surface area is 323 Å². The number of ketones is 1. The van der Waals surface area contributed by atoms with Crippen LogP contribution in [-0.2, 0) is 22.7 Å². The lowest BCUT2D eigenvalue weighted by Gasteiger charge is -2.29. The van der Waals surface area contributed by atoms with E-state index in [0.717, 1.165) is 27.8 Å². The number of benzene rings is 5. The summed E-state index contributed by atoms with van der Waals surface area (Å²) in [7, 11) is 2.02. The van der Waals surface area contributed by atoms with Crippen LogP contribution >= 0.6 is 24.0 Å². The van der Waals surface area contributed by atoms with E-state index in [2.05, 4.69) is 34.5 Å². The highest BCUT2D eigenvalue weighted by Crippen LogP contribution is 2.30. The van der Waals surface area contributed by atoms with Crippen LogP contribution in [0.25, 0.3) is 17.2 Å². The standard InChI is InChI=1S/C44H38FN3O4S2/c1-47(25-30-17-15-29(16-18-30)23-40-42(50)46-44(53)54-40)26-35-24-36(52-28-33-11-5-6-12-37(33)31-9-3-2-4-10-31)27-48(35)43(51)39-14-8-7-13-38(39)41(49)32-19-21-34(45)22-20-32/h2-23,35-36H,24-28H2,1H3,(H,46,50,53)/b40-23-/t35-,36+/m1/s1. The summed E-state index contributed by atoms with van der Waals surface area (Å²) in [4.78, 5) is 44.8. The second-order valence-corrected chi connectivity index (χ2v) is 15.2. The van der Waals surface area contributed by atoms with Crippen LogP contribution in [-0.4, -0.2) is 64.0 Å². The normalized spacial score (nSPS) is 17.7. The first-order chi connectivity index (χ1) is 26.2. The van der Waals surface area contributed by atoms with E-state index in [1.54, 1.807) is 24.3 Å². The number of carbonyl (C=O) groups is 3. The van der Waals surface area contributed by atoms with E-state index in [0.29, 0.717) is 53.0 Å². The fourth-order valence-electron chi connectivity index (χ4n) is 6.98. The van der Waals surface area contributed by atoms with Crippen LogP contribution in [0.4, 0.5) is 4.39 Å². The first-order valence-electron chi connectivity index (χ1n) is 17.7. The minimum atomic E-state index is -0.437. The first kappa shape index (κ1) is 37.1. The van der Waals surface area contributed by atoms with Crippen molar-refractivity contribution in [3.05, 3.63) is 171 Å². The van der Waals surface area contributed by atoms with Crippen molar-refractivity contribution >= 4 is 52.0 Å². The number of thiocarbonyl (C=S) groups is 1. The lowest BCUT2D eigenvalue weighted by atomic mass is 9.97. The van der Waals surface area contributed by atoms with Gasteiger partial charge in [-0.3, -0.25) is 14.4 Å². The second-order valence-electron chi connectivity index (χ2n) is 13.5. The predicted octanol–water partition coefficient (Wildman–Crippen LogP) is 8.14. The Bertz CT molecular complexity index is 2210. The number of carbonyl (C=O) groups excluding carboxylic acids is 3. The van der Waals surface area contributed by atoms with Crippen molar-refractivity contribution in [3.63, 3.8) is 0 Å². The number of likely N-dealkylation sites (N-methyl/N-ethyl adjacent to an activating group) is 1. The van der Waals surface area contributed by atoms with E-state index in [4.69, 9.17) is 17.0 Å². The largest absolute Gasteiger partial charge is 0.372 e. The minimum Gasteiger partial charge on any atom is -0.372 e. The van der Waals surface area contributed by atoms with Crippen LogP contribution < -0.4 is 5.32 Å². The van der Waals surface area contributed by atoms with Gasteiger partial charge in [-0.2, -0.15) is 0 Å². The highest BCUT2D eigenvalue weighted by molar-refractivity contribution is 8.26. The zero-order valence-electron chi connectivity index (χ0n) is 29.6. The molecular formula is C44H38FN3O4S2. The Kier molecular flexibility index (Phi) is 11.5. The summed E-state index contributed by atoms with van der Waals surface area (Å²) in [6.07, 6.45) is 2.21. The molecule has 7 nitrogen and oxygen atoms in total. The van der Waals surface area contributed by atoms with E-state index in [-0.39, 0.29) is 35.3 Å². The van der Waals surface area contributed by atoms with E-state index in [9.17, 15) is 18.8 Å². The maximum Gasteiger partial charge on any atom is 0.263 e. The Morgan fingerprint density at radius 3 is 2.31 bits per heavy atom. The quantitative estimate of drug-likeness (QED) is 0.0783. The second kappa shape index (κ2) is 16.8. The molecule has 2 aliphatic heterocycles. The molecule has 2 heterocycles.